The third-order valence-corrected chi connectivity index (χ3v) is 3.25. The van der Waals surface area contributed by atoms with Gasteiger partial charge < -0.3 is 10.4 Å². The molecule has 1 saturated carbocycles. The first kappa shape index (κ1) is 11.6. The molecule has 1 aromatic heterocycles. The summed E-state index contributed by atoms with van der Waals surface area (Å²) >= 11 is 0. The maximum absolute atomic E-state index is 12.0. The van der Waals surface area contributed by atoms with Crippen molar-refractivity contribution in [2.45, 2.75) is 38.1 Å². The summed E-state index contributed by atoms with van der Waals surface area (Å²) in [4.78, 5) is 22.7. The molecule has 0 saturated heterocycles. The monoisotopic (exact) mass is 237 g/mol. The van der Waals surface area contributed by atoms with Gasteiger partial charge in [-0.2, -0.15) is 5.10 Å². The second kappa shape index (κ2) is 4.20. The molecule has 1 heterocycles. The van der Waals surface area contributed by atoms with Crippen molar-refractivity contribution >= 4 is 11.9 Å². The van der Waals surface area contributed by atoms with Crippen LogP contribution in [0.3, 0.4) is 0 Å². The summed E-state index contributed by atoms with van der Waals surface area (Å²) in [6, 6.07) is 0. The van der Waals surface area contributed by atoms with Crippen molar-refractivity contribution in [3.8, 4) is 0 Å². The Morgan fingerprint density at radius 3 is 2.71 bits per heavy atom. The molecule has 1 aromatic rings. The molecule has 3 N–H and O–H groups in total. The summed E-state index contributed by atoms with van der Waals surface area (Å²) in [7, 11) is 0. The van der Waals surface area contributed by atoms with E-state index in [0.717, 1.165) is 19.3 Å². The molecular weight excluding hydrogens is 222 g/mol. The molecule has 0 atom stereocenters. The lowest BCUT2D eigenvalue weighted by Crippen LogP contribution is -2.54. The Morgan fingerprint density at radius 1 is 1.59 bits per heavy atom. The minimum atomic E-state index is -0.881. The highest BCUT2D eigenvalue weighted by Gasteiger charge is 2.40. The van der Waals surface area contributed by atoms with Crippen LogP contribution in [0.1, 0.15) is 41.7 Å². The number of amides is 1. The minimum Gasteiger partial charge on any atom is -0.481 e. The van der Waals surface area contributed by atoms with Gasteiger partial charge >= 0.3 is 5.97 Å². The average Bonchev–Trinajstić information content (AvgIpc) is 2.60. The van der Waals surface area contributed by atoms with E-state index in [-0.39, 0.29) is 12.3 Å². The predicted octanol–water partition coefficient (Wildman–Crippen LogP) is 0.845. The van der Waals surface area contributed by atoms with E-state index in [0.29, 0.717) is 11.3 Å². The number of H-pyrrole nitrogens is 1. The van der Waals surface area contributed by atoms with Gasteiger partial charge in [0.2, 0.25) is 0 Å². The van der Waals surface area contributed by atoms with Crippen molar-refractivity contribution in [1.82, 2.24) is 15.5 Å². The lowest BCUT2D eigenvalue weighted by atomic mass is 9.74. The Labute approximate surface area is 98.4 Å². The van der Waals surface area contributed by atoms with Gasteiger partial charge in [0.15, 0.2) is 0 Å². The smallest absolute Gasteiger partial charge is 0.305 e. The second-order valence-electron chi connectivity index (χ2n) is 4.57. The first-order valence-electron chi connectivity index (χ1n) is 5.57. The molecule has 0 aliphatic heterocycles. The summed E-state index contributed by atoms with van der Waals surface area (Å²) in [5.41, 5.74) is 0.598. The molecule has 6 heteroatoms. The van der Waals surface area contributed by atoms with Crippen LogP contribution in [-0.4, -0.2) is 32.7 Å². The Hall–Kier alpha value is -1.85. The van der Waals surface area contributed by atoms with Gasteiger partial charge in [-0.05, 0) is 26.2 Å². The van der Waals surface area contributed by atoms with E-state index in [4.69, 9.17) is 5.11 Å². The molecule has 17 heavy (non-hydrogen) atoms. The van der Waals surface area contributed by atoms with E-state index in [2.05, 4.69) is 15.5 Å². The SMILES string of the molecule is Cc1[nH]ncc1C(=O)NC1(CC(=O)O)CCC1. The molecule has 1 amide bonds. The quantitative estimate of drug-likeness (QED) is 0.723. The summed E-state index contributed by atoms with van der Waals surface area (Å²) < 4.78 is 0. The van der Waals surface area contributed by atoms with Crippen LogP contribution < -0.4 is 5.32 Å². The number of nitrogens with one attached hydrogen (secondary N) is 2. The summed E-state index contributed by atoms with van der Waals surface area (Å²) in [5, 5.41) is 18.1. The minimum absolute atomic E-state index is 0.0182. The van der Waals surface area contributed by atoms with Crippen LogP contribution in [0.25, 0.3) is 0 Å². The number of nitrogens with zero attached hydrogens (tertiary/aromatic N) is 1. The number of carbonyl (C=O) groups is 2. The zero-order valence-corrected chi connectivity index (χ0v) is 9.62. The molecule has 1 fully saturated rings. The highest BCUT2D eigenvalue weighted by molar-refractivity contribution is 5.95. The van der Waals surface area contributed by atoms with E-state index < -0.39 is 11.5 Å². The number of aliphatic carboxylic acids is 1. The summed E-state index contributed by atoms with van der Waals surface area (Å²) in [6.45, 7) is 1.76. The van der Waals surface area contributed by atoms with Gasteiger partial charge in [-0.25, -0.2) is 0 Å². The van der Waals surface area contributed by atoms with Crippen LogP contribution in [0.4, 0.5) is 0 Å². The topological polar surface area (TPSA) is 95.1 Å². The zero-order valence-electron chi connectivity index (χ0n) is 9.62. The second-order valence-corrected chi connectivity index (χ2v) is 4.57. The highest BCUT2D eigenvalue weighted by Crippen LogP contribution is 2.35. The van der Waals surface area contributed by atoms with Crippen LogP contribution in [0.2, 0.25) is 0 Å². The van der Waals surface area contributed by atoms with Gasteiger partial charge in [0.25, 0.3) is 5.91 Å². The summed E-state index contributed by atoms with van der Waals surface area (Å²) in [6.07, 6.45) is 3.84. The van der Waals surface area contributed by atoms with Gasteiger partial charge in [0.1, 0.15) is 0 Å². The number of carboxylic acid groups (broad SMARTS) is 1. The van der Waals surface area contributed by atoms with Crippen molar-refractivity contribution in [1.29, 1.82) is 0 Å². The highest BCUT2D eigenvalue weighted by atomic mass is 16.4. The molecule has 0 radical (unpaired) electrons. The predicted molar refractivity (Wildman–Crippen MR) is 59.6 cm³/mol. The fourth-order valence-electron chi connectivity index (χ4n) is 2.13. The van der Waals surface area contributed by atoms with Gasteiger partial charge in [0, 0.05) is 5.69 Å². The van der Waals surface area contributed by atoms with Crippen LogP contribution in [-0.2, 0) is 4.79 Å². The van der Waals surface area contributed by atoms with Crippen molar-refractivity contribution in [3.05, 3.63) is 17.5 Å². The first-order valence-corrected chi connectivity index (χ1v) is 5.57. The molecule has 6 nitrogen and oxygen atoms in total. The first-order chi connectivity index (χ1) is 8.02. The van der Waals surface area contributed by atoms with Gasteiger partial charge in [-0.1, -0.05) is 0 Å². The van der Waals surface area contributed by atoms with Crippen LogP contribution in [0.5, 0.6) is 0 Å². The number of aromatic amines is 1. The Bertz CT molecular complexity index is 449. The number of carbonyl (C=O) groups excluding carboxylic acids is 1. The molecule has 0 aromatic carbocycles. The number of aromatic nitrogens is 2. The number of carboxylic acids is 1. The number of hydrogen-bond donors (Lipinski definition) is 3. The zero-order chi connectivity index (χ0) is 12.5. The standard InChI is InChI=1S/C11H15N3O3/c1-7-8(6-12-14-7)10(17)13-11(3-2-4-11)5-9(15)16/h6H,2-5H2,1H3,(H,12,14)(H,13,17)(H,15,16). The van der Waals surface area contributed by atoms with Crippen molar-refractivity contribution in [2.24, 2.45) is 0 Å². The molecule has 0 unspecified atom stereocenters. The molecule has 1 aliphatic rings. The Balaban J connectivity index is 2.07. The average molecular weight is 237 g/mol. The largest absolute Gasteiger partial charge is 0.481 e. The van der Waals surface area contributed by atoms with Crippen molar-refractivity contribution in [3.63, 3.8) is 0 Å². The summed E-state index contributed by atoms with van der Waals surface area (Å²) in [5.74, 6) is -1.13. The van der Waals surface area contributed by atoms with Crippen LogP contribution >= 0.6 is 0 Å². The lowest BCUT2D eigenvalue weighted by Gasteiger charge is -2.41. The third kappa shape index (κ3) is 2.30. The van der Waals surface area contributed by atoms with E-state index in [1.54, 1.807) is 6.92 Å². The van der Waals surface area contributed by atoms with Crippen LogP contribution in [0.15, 0.2) is 6.20 Å². The van der Waals surface area contributed by atoms with E-state index in [1.165, 1.54) is 6.20 Å². The fourth-order valence-corrected chi connectivity index (χ4v) is 2.13. The van der Waals surface area contributed by atoms with Crippen molar-refractivity contribution in [2.75, 3.05) is 0 Å². The van der Waals surface area contributed by atoms with E-state index >= 15 is 0 Å². The Morgan fingerprint density at radius 2 is 2.29 bits per heavy atom. The fraction of sp³-hybridized carbons (Fsp3) is 0.545. The Kier molecular flexibility index (Phi) is 2.87. The van der Waals surface area contributed by atoms with Gasteiger partial charge in [0.05, 0.1) is 23.7 Å². The molecule has 92 valence electrons. The van der Waals surface area contributed by atoms with E-state index in [9.17, 15) is 9.59 Å². The maximum atomic E-state index is 12.0. The van der Waals surface area contributed by atoms with E-state index in [1.807, 2.05) is 0 Å². The number of aryl methyl sites for hydroxylation is 1. The van der Waals surface area contributed by atoms with Crippen LogP contribution in [0, 0.1) is 6.92 Å². The maximum Gasteiger partial charge on any atom is 0.305 e. The normalized spacial score (nSPS) is 17.2. The van der Waals surface area contributed by atoms with Gasteiger partial charge in [-0.3, -0.25) is 14.7 Å². The van der Waals surface area contributed by atoms with Crippen molar-refractivity contribution < 1.29 is 14.7 Å². The molecule has 1 aliphatic carbocycles. The number of rotatable bonds is 4. The molecule has 0 spiro atoms. The van der Waals surface area contributed by atoms with Gasteiger partial charge in [-0.15, -0.1) is 0 Å². The lowest BCUT2D eigenvalue weighted by molar-refractivity contribution is -0.139. The number of hydrogen-bond acceptors (Lipinski definition) is 3. The molecule has 0 bridgehead atoms. The third-order valence-electron chi connectivity index (χ3n) is 3.25. The molecular formula is C11H15N3O3. The molecule has 2 rings (SSSR count).